The minimum absolute atomic E-state index is 0.0111. The van der Waals surface area contributed by atoms with Crippen molar-refractivity contribution in [1.29, 1.82) is 0 Å². The predicted molar refractivity (Wildman–Crippen MR) is 71.0 cm³/mol. The number of hydrogen-bond acceptors (Lipinski definition) is 2. The van der Waals surface area contributed by atoms with Crippen molar-refractivity contribution in [2.24, 2.45) is 0 Å². The fraction of sp³-hybridized carbons (Fsp3) is 0.143. The molecule has 1 atom stereocenters. The van der Waals surface area contributed by atoms with Crippen molar-refractivity contribution in [1.82, 2.24) is 0 Å². The molecule has 3 rings (SSSR count). The molecule has 98 valence electrons. The quantitative estimate of drug-likeness (QED) is 0.851. The van der Waals surface area contributed by atoms with E-state index in [-0.39, 0.29) is 12.4 Å². The van der Waals surface area contributed by atoms with Crippen molar-refractivity contribution in [3.63, 3.8) is 0 Å². The second-order valence-corrected chi connectivity index (χ2v) is 7.26. The second kappa shape index (κ2) is 4.85. The Hall–Kier alpha value is -1.55. The summed E-state index contributed by atoms with van der Waals surface area (Å²) in [4.78, 5) is 0. The van der Waals surface area contributed by atoms with Crippen LogP contribution in [0.4, 0.5) is 10.1 Å². The van der Waals surface area contributed by atoms with E-state index in [4.69, 9.17) is 5.11 Å². The van der Waals surface area contributed by atoms with Crippen LogP contribution in [0.3, 0.4) is 0 Å². The number of anilines is 1. The van der Waals surface area contributed by atoms with E-state index >= 15 is 0 Å². The normalized spacial score (nSPS) is 17.6. The third kappa shape index (κ3) is 2.21. The Morgan fingerprint density at radius 3 is 2.63 bits per heavy atom. The Balaban J connectivity index is 1.94. The van der Waals surface area contributed by atoms with Gasteiger partial charge >= 0.3 is 114 Å². The van der Waals surface area contributed by atoms with Gasteiger partial charge in [-0.05, 0) is 0 Å². The van der Waals surface area contributed by atoms with E-state index in [9.17, 15) is 8.23 Å². The molecule has 19 heavy (non-hydrogen) atoms. The van der Waals surface area contributed by atoms with Gasteiger partial charge in [-0.2, -0.15) is 0 Å². The first-order chi connectivity index (χ1) is 9.19. The molecule has 0 aliphatic carbocycles. The number of aliphatic hydroxyl groups excluding tert-OH is 1. The third-order valence-electron chi connectivity index (χ3n) is 3.14. The van der Waals surface area contributed by atoms with Gasteiger partial charge in [0.2, 0.25) is 0 Å². The maximum absolute atomic E-state index is 13.2. The van der Waals surface area contributed by atoms with Gasteiger partial charge in [-0.15, -0.1) is 0 Å². The first kappa shape index (κ1) is 12.5. The standard InChI is InChI=1S/C14H12FNO2Se/c15-12-4-3-11-8-16(19(18)14(11)7-12)13-5-1-10(9-17)2-6-13/h1-7,17H,8-9H2. The van der Waals surface area contributed by atoms with Gasteiger partial charge in [0.05, 0.1) is 0 Å². The zero-order chi connectivity index (χ0) is 13.4. The summed E-state index contributed by atoms with van der Waals surface area (Å²) >= 11 is -2.41. The summed E-state index contributed by atoms with van der Waals surface area (Å²) in [5.74, 6) is -0.346. The van der Waals surface area contributed by atoms with Crippen molar-refractivity contribution in [2.75, 3.05) is 3.92 Å². The summed E-state index contributed by atoms with van der Waals surface area (Å²) in [7, 11) is 0. The number of fused-ring (bicyclic) bond motifs is 1. The molecule has 1 aliphatic rings. The maximum atomic E-state index is 13.2. The first-order valence-corrected chi connectivity index (χ1v) is 8.19. The van der Waals surface area contributed by atoms with Crippen LogP contribution in [0.2, 0.25) is 0 Å². The number of halogens is 1. The SMILES string of the molecule is O=[Se]1c2cc(F)ccc2CN1c1ccc(CO)cc1. The molecule has 1 unspecified atom stereocenters. The average Bonchev–Trinajstić information content (AvgIpc) is 2.76. The number of benzene rings is 2. The van der Waals surface area contributed by atoms with E-state index in [2.05, 4.69) is 0 Å². The molecule has 1 N–H and O–H groups in total. The van der Waals surface area contributed by atoms with Crippen molar-refractivity contribution >= 4 is 24.2 Å². The van der Waals surface area contributed by atoms with Gasteiger partial charge in [-0.25, -0.2) is 0 Å². The van der Waals surface area contributed by atoms with Crippen LogP contribution in [0.5, 0.6) is 0 Å². The van der Waals surface area contributed by atoms with Crippen LogP contribution in [-0.2, 0) is 17.0 Å². The van der Waals surface area contributed by atoms with E-state index in [0.29, 0.717) is 11.0 Å². The number of hydrogen-bond donors (Lipinski definition) is 1. The van der Waals surface area contributed by atoms with Crippen LogP contribution < -0.4 is 8.38 Å². The number of aliphatic hydroxyl groups is 1. The van der Waals surface area contributed by atoms with Crippen LogP contribution in [0.1, 0.15) is 11.1 Å². The summed E-state index contributed by atoms with van der Waals surface area (Å²) in [5, 5.41) is 9.01. The molecule has 0 amide bonds. The average molecular weight is 324 g/mol. The minimum atomic E-state index is -2.41. The van der Waals surface area contributed by atoms with Crippen LogP contribution in [0.15, 0.2) is 42.5 Å². The Morgan fingerprint density at radius 1 is 1.21 bits per heavy atom. The van der Waals surface area contributed by atoms with Crippen molar-refractivity contribution < 1.29 is 13.3 Å². The van der Waals surface area contributed by atoms with Gasteiger partial charge in [0.25, 0.3) is 0 Å². The summed E-state index contributed by atoms with van der Waals surface area (Å²) in [5.41, 5.74) is 2.58. The Morgan fingerprint density at radius 2 is 1.95 bits per heavy atom. The van der Waals surface area contributed by atoms with Crippen LogP contribution >= 0.6 is 0 Å². The topological polar surface area (TPSA) is 40.5 Å². The van der Waals surface area contributed by atoms with Crippen LogP contribution in [-0.4, -0.2) is 19.2 Å². The van der Waals surface area contributed by atoms with Crippen molar-refractivity contribution in [2.45, 2.75) is 13.2 Å². The zero-order valence-corrected chi connectivity index (χ0v) is 11.8. The van der Waals surface area contributed by atoms with Crippen molar-refractivity contribution in [3.8, 4) is 0 Å². The Labute approximate surface area is 114 Å². The third-order valence-corrected chi connectivity index (χ3v) is 6.28. The molecule has 3 nitrogen and oxygen atoms in total. The molecule has 2 aromatic carbocycles. The molecule has 0 radical (unpaired) electrons. The molecule has 0 saturated heterocycles. The second-order valence-electron chi connectivity index (χ2n) is 4.36. The molecule has 0 aromatic heterocycles. The van der Waals surface area contributed by atoms with Gasteiger partial charge in [0.15, 0.2) is 0 Å². The fourth-order valence-electron chi connectivity index (χ4n) is 2.11. The molecular formula is C14H12FNO2Se. The van der Waals surface area contributed by atoms with Crippen LogP contribution in [0.25, 0.3) is 0 Å². The monoisotopic (exact) mass is 325 g/mol. The van der Waals surface area contributed by atoms with Crippen molar-refractivity contribution in [3.05, 3.63) is 59.4 Å². The molecule has 0 saturated carbocycles. The Kier molecular flexibility index (Phi) is 3.19. The molecule has 2 aromatic rings. The summed E-state index contributed by atoms with van der Waals surface area (Å²) < 4.78 is 28.1. The molecule has 0 bridgehead atoms. The fourth-order valence-corrected chi connectivity index (χ4v) is 5.00. The van der Waals surface area contributed by atoms with E-state index in [1.807, 2.05) is 16.0 Å². The first-order valence-electron chi connectivity index (χ1n) is 5.86. The van der Waals surface area contributed by atoms with Gasteiger partial charge in [0.1, 0.15) is 0 Å². The Bertz CT molecular complexity index is 642. The molecular weight excluding hydrogens is 312 g/mol. The zero-order valence-electron chi connectivity index (χ0n) is 10.0. The number of nitrogens with zero attached hydrogens (tertiary/aromatic N) is 1. The van der Waals surface area contributed by atoms with E-state index in [1.165, 1.54) is 12.1 Å². The van der Waals surface area contributed by atoms with E-state index < -0.39 is 14.1 Å². The van der Waals surface area contributed by atoms with Gasteiger partial charge < -0.3 is 0 Å². The molecule has 5 heteroatoms. The summed E-state index contributed by atoms with van der Waals surface area (Å²) in [6.45, 7) is 0.533. The molecule has 0 fully saturated rings. The summed E-state index contributed by atoms with van der Waals surface area (Å²) in [6.07, 6.45) is 0. The van der Waals surface area contributed by atoms with Gasteiger partial charge in [0, 0.05) is 0 Å². The van der Waals surface area contributed by atoms with Gasteiger partial charge in [-0.3, -0.25) is 0 Å². The van der Waals surface area contributed by atoms with Crippen LogP contribution in [0, 0.1) is 5.82 Å². The number of rotatable bonds is 2. The van der Waals surface area contributed by atoms with Gasteiger partial charge in [-0.1, -0.05) is 0 Å². The summed E-state index contributed by atoms with van der Waals surface area (Å²) in [6, 6.07) is 11.7. The molecule has 0 spiro atoms. The molecule has 1 aliphatic heterocycles. The predicted octanol–water partition coefficient (Wildman–Crippen LogP) is 1.46. The molecule has 1 heterocycles. The van der Waals surface area contributed by atoms with E-state index in [0.717, 1.165) is 16.8 Å². The van der Waals surface area contributed by atoms with E-state index in [1.54, 1.807) is 18.2 Å².